The molecular formula is C10H9F2NO. The summed E-state index contributed by atoms with van der Waals surface area (Å²) >= 11 is 0. The highest BCUT2D eigenvalue weighted by Gasteiger charge is 2.11. The number of nitrogens with zero attached hydrogens (tertiary/aromatic N) is 1. The lowest BCUT2D eigenvalue weighted by Gasteiger charge is -1.98. The van der Waals surface area contributed by atoms with Crippen molar-refractivity contribution in [3.8, 4) is 0 Å². The first kappa shape index (κ1) is 8.99. The standard InChI is InChI=1S/C10H9F2NO/c11-10(12)9-4-3-8(14-9)7-13-5-1-2-6-13/h1-6,10H,7H2. The topological polar surface area (TPSA) is 18.1 Å². The molecule has 2 rings (SSSR count). The number of hydrogen-bond acceptors (Lipinski definition) is 1. The first-order valence-electron chi connectivity index (χ1n) is 4.23. The van der Waals surface area contributed by atoms with Crippen molar-refractivity contribution in [3.63, 3.8) is 0 Å². The van der Waals surface area contributed by atoms with Crippen LogP contribution >= 0.6 is 0 Å². The fourth-order valence-corrected chi connectivity index (χ4v) is 1.25. The van der Waals surface area contributed by atoms with E-state index in [4.69, 9.17) is 4.42 Å². The summed E-state index contributed by atoms with van der Waals surface area (Å²) in [5, 5.41) is 0. The fourth-order valence-electron chi connectivity index (χ4n) is 1.25. The van der Waals surface area contributed by atoms with Crippen molar-refractivity contribution in [3.05, 3.63) is 48.2 Å². The molecular weight excluding hydrogens is 188 g/mol. The Morgan fingerprint density at radius 1 is 1.21 bits per heavy atom. The summed E-state index contributed by atoms with van der Waals surface area (Å²) in [4.78, 5) is 0. The maximum Gasteiger partial charge on any atom is 0.295 e. The van der Waals surface area contributed by atoms with Gasteiger partial charge < -0.3 is 8.98 Å². The minimum atomic E-state index is -2.53. The molecule has 4 heteroatoms. The summed E-state index contributed by atoms with van der Waals surface area (Å²) in [6.45, 7) is 0.486. The van der Waals surface area contributed by atoms with Gasteiger partial charge in [0, 0.05) is 12.4 Å². The SMILES string of the molecule is FC(F)c1ccc(Cn2cccc2)o1. The monoisotopic (exact) mass is 197 g/mol. The second kappa shape index (κ2) is 3.65. The summed E-state index contributed by atoms with van der Waals surface area (Å²) in [5.74, 6) is 0.267. The van der Waals surface area contributed by atoms with Gasteiger partial charge in [-0.25, -0.2) is 8.78 Å². The average Bonchev–Trinajstić information content (AvgIpc) is 2.75. The van der Waals surface area contributed by atoms with Crippen molar-refractivity contribution in [2.24, 2.45) is 0 Å². The van der Waals surface area contributed by atoms with E-state index in [2.05, 4.69) is 0 Å². The van der Waals surface area contributed by atoms with Gasteiger partial charge in [-0.2, -0.15) is 0 Å². The van der Waals surface area contributed by atoms with Crippen LogP contribution in [0.1, 0.15) is 17.9 Å². The molecule has 0 spiro atoms. The summed E-state index contributed by atoms with van der Waals surface area (Å²) in [7, 11) is 0. The van der Waals surface area contributed by atoms with Gasteiger partial charge >= 0.3 is 0 Å². The third kappa shape index (κ3) is 1.84. The number of rotatable bonds is 3. The van der Waals surface area contributed by atoms with E-state index in [0.29, 0.717) is 12.3 Å². The van der Waals surface area contributed by atoms with Crippen LogP contribution in [0.3, 0.4) is 0 Å². The van der Waals surface area contributed by atoms with E-state index in [1.54, 1.807) is 6.07 Å². The zero-order valence-corrected chi connectivity index (χ0v) is 7.36. The molecule has 2 nitrogen and oxygen atoms in total. The van der Waals surface area contributed by atoms with Crippen LogP contribution in [-0.2, 0) is 6.54 Å². The second-order valence-electron chi connectivity index (χ2n) is 2.96. The van der Waals surface area contributed by atoms with Gasteiger partial charge in [-0.1, -0.05) is 0 Å². The molecule has 0 aromatic carbocycles. The van der Waals surface area contributed by atoms with Crippen LogP contribution in [0.25, 0.3) is 0 Å². The van der Waals surface area contributed by atoms with E-state index in [1.807, 2.05) is 29.1 Å². The molecule has 0 aliphatic carbocycles. The molecule has 2 heterocycles. The predicted octanol–water partition coefficient (Wildman–Crippen LogP) is 3.07. The van der Waals surface area contributed by atoms with Crippen LogP contribution in [0.4, 0.5) is 8.78 Å². The highest BCUT2D eigenvalue weighted by Crippen LogP contribution is 2.21. The van der Waals surface area contributed by atoms with E-state index >= 15 is 0 Å². The third-order valence-electron chi connectivity index (χ3n) is 1.90. The molecule has 0 saturated carbocycles. The van der Waals surface area contributed by atoms with Crippen LogP contribution in [0.5, 0.6) is 0 Å². The molecule has 0 radical (unpaired) electrons. The molecule has 14 heavy (non-hydrogen) atoms. The van der Waals surface area contributed by atoms with Crippen molar-refractivity contribution in [2.45, 2.75) is 13.0 Å². The van der Waals surface area contributed by atoms with Crippen molar-refractivity contribution in [1.29, 1.82) is 0 Å². The summed E-state index contributed by atoms with van der Waals surface area (Å²) in [6.07, 6.45) is 1.17. The number of halogens is 2. The van der Waals surface area contributed by atoms with E-state index in [0.717, 1.165) is 0 Å². The largest absolute Gasteiger partial charge is 0.458 e. The summed E-state index contributed by atoms with van der Waals surface area (Å²) < 4.78 is 31.1. The van der Waals surface area contributed by atoms with Gasteiger partial charge in [0.05, 0.1) is 6.54 Å². The molecule has 0 unspecified atom stereocenters. The maximum atomic E-state index is 12.2. The van der Waals surface area contributed by atoms with Gasteiger partial charge in [0.15, 0.2) is 5.76 Å². The Hall–Kier alpha value is -1.58. The fraction of sp³-hybridized carbons (Fsp3) is 0.200. The van der Waals surface area contributed by atoms with Gasteiger partial charge in [-0.05, 0) is 24.3 Å². The van der Waals surface area contributed by atoms with E-state index in [-0.39, 0.29) is 5.76 Å². The number of aromatic nitrogens is 1. The Morgan fingerprint density at radius 3 is 2.50 bits per heavy atom. The summed E-state index contributed by atoms with van der Waals surface area (Å²) in [6, 6.07) is 6.62. The van der Waals surface area contributed by atoms with Crippen LogP contribution in [0, 0.1) is 0 Å². The molecule has 0 aliphatic rings. The summed E-state index contributed by atoms with van der Waals surface area (Å²) in [5.41, 5.74) is 0. The minimum Gasteiger partial charge on any atom is -0.458 e. The van der Waals surface area contributed by atoms with Crippen LogP contribution in [-0.4, -0.2) is 4.57 Å². The van der Waals surface area contributed by atoms with E-state index in [1.165, 1.54) is 6.07 Å². The molecule has 0 fully saturated rings. The molecule has 0 atom stereocenters. The highest BCUT2D eigenvalue weighted by atomic mass is 19.3. The molecule has 0 amide bonds. The Morgan fingerprint density at radius 2 is 1.93 bits per heavy atom. The highest BCUT2D eigenvalue weighted by molar-refractivity contribution is 5.09. The molecule has 74 valence electrons. The van der Waals surface area contributed by atoms with Crippen molar-refractivity contribution >= 4 is 0 Å². The maximum absolute atomic E-state index is 12.2. The van der Waals surface area contributed by atoms with Gasteiger partial charge in [-0.15, -0.1) is 0 Å². The van der Waals surface area contributed by atoms with Gasteiger partial charge in [0.1, 0.15) is 5.76 Å². The second-order valence-corrected chi connectivity index (χ2v) is 2.96. The molecule has 0 aliphatic heterocycles. The van der Waals surface area contributed by atoms with E-state index < -0.39 is 6.43 Å². The van der Waals surface area contributed by atoms with Crippen LogP contribution in [0.15, 0.2) is 41.1 Å². The van der Waals surface area contributed by atoms with Crippen molar-refractivity contribution < 1.29 is 13.2 Å². The first-order valence-corrected chi connectivity index (χ1v) is 4.23. The molecule has 0 bridgehead atoms. The molecule has 0 N–H and O–H groups in total. The zero-order valence-electron chi connectivity index (χ0n) is 7.36. The number of furan rings is 1. The lowest BCUT2D eigenvalue weighted by atomic mass is 10.4. The molecule has 0 saturated heterocycles. The van der Waals surface area contributed by atoms with Gasteiger partial charge in [0.2, 0.25) is 0 Å². The lowest BCUT2D eigenvalue weighted by Crippen LogP contribution is -1.93. The van der Waals surface area contributed by atoms with Crippen molar-refractivity contribution in [2.75, 3.05) is 0 Å². The normalized spacial score (nSPS) is 11.1. The van der Waals surface area contributed by atoms with Crippen LogP contribution in [0.2, 0.25) is 0 Å². The lowest BCUT2D eigenvalue weighted by molar-refractivity contribution is 0.120. The number of hydrogen-bond donors (Lipinski definition) is 0. The Balaban J connectivity index is 2.11. The van der Waals surface area contributed by atoms with E-state index in [9.17, 15) is 8.78 Å². The van der Waals surface area contributed by atoms with Crippen molar-refractivity contribution in [1.82, 2.24) is 4.57 Å². The minimum absolute atomic E-state index is 0.271. The predicted molar refractivity (Wildman–Crippen MR) is 47.2 cm³/mol. The van der Waals surface area contributed by atoms with Gasteiger partial charge in [-0.3, -0.25) is 0 Å². The number of alkyl halides is 2. The third-order valence-corrected chi connectivity index (χ3v) is 1.90. The quantitative estimate of drug-likeness (QED) is 0.739. The first-order chi connectivity index (χ1) is 6.75. The molecule has 2 aromatic heterocycles. The average molecular weight is 197 g/mol. The van der Waals surface area contributed by atoms with Gasteiger partial charge in [0.25, 0.3) is 6.43 Å². The Labute approximate surface area is 79.8 Å². The zero-order chi connectivity index (χ0) is 9.97. The Bertz CT molecular complexity index is 392. The smallest absolute Gasteiger partial charge is 0.295 e. The Kier molecular flexibility index (Phi) is 2.35. The van der Waals surface area contributed by atoms with Crippen LogP contribution < -0.4 is 0 Å². The molecule has 2 aromatic rings.